The molecule has 10 nitrogen and oxygen atoms in total. The number of carbonyl (C=O) groups excluding carboxylic acids is 2. The van der Waals surface area contributed by atoms with Gasteiger partial charge in [0.25, 0.3) is 0 Å². The first-order valence-electron chi connectivity index (χ1n) is 11.1. The molecule has 0 saturated heterocycles. The number of nitrogens with one attached hydrogen (secondary N) is 1. The van der Waals surface area contributed by atoms with E-state index in [-0.39, 0.29) is 18.7 Å². The van der Waals surface area contributed by atoms with Crippen LogP contribution in [0, 0.1) is 5.41 Å². The van der Waals surface area contributed by atoms with Crippen molar-refractivity contribution in [2.24, 2.45) is 11.5 Å². The molecule has 0 bridgehead atoms. The molecule has 2 aromatic carbocycles. The van der Waals surface area contributed by atoms with Gasteiger partial charge in [0.15, 0.2) is 0 Å². The summed E-state index contributed by atoms with van der Waals surface area (Å²) in [7, 11) is 0. The van der Waals surface area contributed by atoms with Crippen LogP contribution >= 0.6 is 0 Å². The van der Waals surface area contributed by atoms with Gasteiger partial charge in [-0.05, 0) is 30.4 Å². The predicted molar refractivity (Wildman–Crippen MR) is 129 cm³/mol. The second-order valence-electron chi connectivity index (χ2n) is 8.17. The molecule has 0 aliphatic rings. The molecule has 2 amide bonds. The topological polar surface area (TPSA) is 188 Å². The van der Waals surface area contributed by atoms with Crippen molar-refractivity contribution in [1.82, 2.24) is 4.90 Å². The van der Waals surface area contributed by atoms with Crippen LogP contribution in [0.5, 0.6) is 0 Å². The average molecular weight is 483 g/mol. The first kappa shape index (κ1) is 27.2. The monoisotopic (exact) mass is 482 g/mol. The molecule has 0 aliphatic heterocycles. The molecule has 10 heteroatoms. The van der Waals surface area contributed by atoms with Gasteiger partial charge in [-0.2, -0.15) is 0 Å². The number of amides is 2. The van der Waals surface area contributed by atoms with Gasteiger partial charge in [0.2, 0.25) is 11.8 Å². The molecule has 2 aromatic rings. The normalized spacial score (nSPS) is 12.4. The first-order chi connectivity index (χ1) is 16.6. The standard InChI is InChI=1S/C25H30N4O6/c26-19(15-22(31)32)24(33)29(20(25(34)35)14-17-7-2-1-3-8-17)21(30)9-5-4-6-16-10-12-18(13-11-16)23(27)28/h1-3,7-8,10-13,19-20H,4-6,9,14-15,26H2,(H3,27,28)(H,31,32)(H,34,35)/t19-,20-/m0/s1. The summed E-state index contributed by atoms with van der Waals surface area (Å²) in [6.07, 6.45) is 0.639. The molecule has 186 valence electrons. The van der Waals surface area contributed by atoms with Crippen molar-refractivity contribution < 1.29 is 29.4 Å². The van der Waals surface area contributed by atoms with Crippen LogP contribution in [-0.2, 0) is 32.0 Å². The van der Waals surface area contributed by atoms with Crippen LogP contribution in [0.3, 0.4) is 0 Å². The third kappa shape index (κ3) is 8.35. The number of unbranched alkanes of at least 4 members (excludes halogenated alkanes) is 1. The van der Waals surface area contributed by atoms with E-state index in [4.69, 9.17) is 22.0 Å². The fourth-order valence-electron chi connectivity index (χ4n) is 3.61. The summed E-state index contributed by atoms with van der Waals surface area (Å²) in [5, 5.41) is 26.2. The smallest absolute Gasteiger partial charge is 0.327 e. The maximum atomic E-state index is 13.0. The summed E-state index contributed by atoms with van der Waals surface area (Å²) in [6, 6.07) is 12.6. The Hall–Kier alpha value is -4.05. The number of nitrogens with two attached hydrogens (primary N) is 2. The Bertz CT molecular complexity index is 1060. The van der Waals surface area contributed by atoms with E-state index in [2.05, 4.69) is 0 Å². The Balaban J connectivity index is 2.12. The predicted octanol–water partition coefficient (Wildman–Crippen LogP) is 1.54. The number of amidine groups is 1. The van der Waals surface area contributed by atoms with Gasteiger partial charge in [-0.3, -0.25) is 24.7 Å². The highest BCUT2D eigenvalue weighted by atomic mass is 16.4. The van der Waals surface area contributed by atoms with E-state index >= 15 is 0 Å². The van der Waals surface area contributed by atoms with Gasteiger partial charge < -0.3 is 21.7 Å². The Labute approximate surface area is 203 Å². The molecule has 0 aromatic heterocycles. The summed E-state index contributed by atoms with van der Waals surface area (Å²) in [6.45, 7) is 0. The summed E-state index contributed by atoms with van der Waals surface area (Å²) >= 11 is 0. The number of hydrogen-bond donors (Lipinski definition) is 5. The van der Waals surface area contributed by atoms with Crippen LogP contribution in [0.1, 0.15) is 42.4 Å². The Morgan fingerprint density at radius 1 is 0.914 bits per heavy atom. The van der Waals surface area contributed by atoms with Crippen LogP contribution in [0.25, 0.3) is 0 Å². The zero-order valence-electron chi connectivity index (χ0n) is 19.2. The molecule has 0 aliphatic carbocycles. The number of carboxylic acids is 2. The number of carbonyl (C=O) groups is 4. The SMILES string of the molecule is N=C(N)c1ccc(CCCCC(=O)N(C(=O)[C@@H](N)CC(=O)O)[C@@H](Cc2ccccc2)C(=O)O)cc1. The molecule has 0 fully saturated rings. The highest BCUT2D eigenvalue weighted by molar-refractivity contribution is 6.02. The highest BCUT2D eigenvalue weighted by Crippen LogP contribution is 2.16. The molecule has 35 heavy (non-hydrogen) atoms. The second-order valence-corrected chi connectivity index (χ2v) is 8.17. The van der Waals surface area contributed by atoms with Crippen LogP contribution < -0.4 is 11.5 Å². The fraction of sp³-hybridized carbons (Fsp3) is 0.320. The summed E-state index contributed by atoms with van der Waals surface area (Å²) in [5.41, 5.74) is 13.3. The number of imide groups is 1. The van der Waals surface area contributed by atoms with Gasteiger partial charge in [-0.15, -0.1) is 0 Å². The largest absolute Gasteiger partial charge is 0.481 e. The number of nitrogen functional groups attached to an aromatic ring is 1. The van der Waals surface area contributed by atoms with Gasteiger partial charge >= 0.3 is 11.9 Å². The van der Waals surface area contributed by atoms with Gasteiger partial charge in [0.1, 0.15) is 11.9 Å². The Kier molecular flexibility index (Phi) is 10.1. The number of benzene rings is 2. The molecule has 7 N–H and O–H groups in total. The van der Waals surface area contributed by atoms with E-state index in [0.717, 1.165) is 5.56 Å². The van der Waals surface area contributed by atoms with Crippen molar-refractivity contribution in [2.45, 2.75) is 50.6 Å². The van der Waals surface area contributed by atoms with Crippen molar-refractivity contribution in [3.63, 3.8) is 0 Å². The minimum absolute atomic E-state index is 0.0310. The maximum absolute atomic E-state index is 13.0. The summed E-state index contributed by atoms with van der Waals surface area (Å²) in [5.74, 6) is -4.49. The van der Waals surface area contributed by atoms with Crippen LogP contribution in [-0.4, -0.2) is 56.8 Å². The van der Waals surface area contributed by atoms with Crippen LogP contribution in [0.2, 0.25) is 0 Å². The third-order valence-corrected chi connectivity index (χ3v) is 5.46. The van der Waals surface area contributed by atoms with Crippen LogP contribution in [0.15, 0.2) is 54.6 Å². The van der Waals surface area contributed by atoms with Crippen LogP contribution in [0.4, 0.5) is 0 Å². The minimum Gasteiger partial charge on any atom is -0.481 e. The van der Waals surface area contributed by atoms with Gasteiger partial charge in [-0.25, -0.2) is 4.79 Å². The van der Waals surface area contributed by atoms with Gasteiger partial charge in [0, 0.05) is 18.4 Å². The van der Waals surface area contributed by atoms with E-state index in [1.165, 1.54) is 0 Å². The molecule has 0 heterocycles. The molecule has 0 unspecified atom stereocenters. The molecular formula is C25H30N4O6. The molecule has 0 saturated carbocycles. The lowest BCUT2D eigenvalue weighted by atomic mass is 10.0. The lowest BCUT2D eigenvalue weighted by molar-refractivity contribution is -0.159. The molecular weight excluding hydrogens is 452 g/mol. The van der Waals surface area contributed by atoms with Crippen molar-refractivity contribution >= 4 is 29.6 Å². The fourth-order valence-corrected chi connectivity index (χ4v) is 3.61. The van der Waals surface area contributed by atoms with E-state index < -0.39 is 42.3 Å². The minimum atomic E-state index is -1.55. The average Bonchev–Trinajstić information content (AvgIpc) is 2.81. The van der Waals surface area contributed by atoms with E-state index in [1.54, 1.807) is 42.5 Å². The lowest BCUT2D eigenvalue weighted by Gasteiger charge is -2.29. The Morgan fingerprint density at radius 3 is 2.09 bits per heavy atom. The molecule has 2 atom stereocenters. The lowest BCUT2D eigenvalue weighted by Crippen LogP contribution is -2.55. The molecule has 0 radical (unpaired) electrons. The zero-order valence-corrected chi connectivity index (χ0v) is 19.2. The summed E-state index contributed by atoms with van der Waals surface area (Å²) in [4.78, 5) is 49.7. The van der Waals surface area contributed by atoms with Crippen molar-refractivity contribution in [3.05, 3.63) is 71.3 Å². The number of nitrogens with zero attached hydrogens (tertiary/aromatic N) is 1. The third-order valence-electron chi connectivity index (χ3n) is 5.46. The Morgan fingerprint density at radius 2 is 1.54 bits per heavy atom. The van der Waals surface area contributed by atoms with Crippen molar-refractivity contribution in [2.75, 3.05) is 0 Å². The number of aryl methyl sites for hydroxylation is 1. The van der Waals surface area contributed by atoms with Gasteiger partial charge in [-0.1, -0.05) is 54.6 Å². The van der Waals surface area contributed by atoms with E-state index in [9.17, 15) is 24.3 Å². The highest BCUT2D eigenvalue weighted by Gasteiger charge is 2.37. The number of rotatable bonds is 13. The molecule has 2 rings (SSSR count). The quantitative estimate of drug-likeness (QED) is 0.161. The molecule has 0 spiro atoms. The van der Waals surface area contributed by atoms with Gasteiger partial charge in [0.05, 0.1) is 12.5 Å². The van der Waals surface area contributed by atoms with E-state index in [0.29, 0.717) is 35.3 Å². The number of carboxylic acid groups (broad SMARTS) is 2. The van der Waals surface area contributed by atoms with Crippen molar-refractivity contribution in [1.29, 1.82) is 5.41 Å². The number of aliphatic carboxylic acids is 2. The second kappa shape index (κ2) is 13.0. The van der Waals surface area contributed by atoms with Crippen molar-refractivity contribution in [3.8, 4) is 0 Å². The summed E-state index contributed by atoms with van der Waals surface area (Å²) < 4.78 is 0. The number of hydrogen-bond acceptors (Lipinski definition) is 6. The zero-order chi connectivity index (χ0) is 26.0. The van der Waals surface area contributed by atoms with E-state index in [1.807, 2.05) is 12.1 Å². The maximum Gasteiger partial charge on any atom is 0.327 e. The first-order valence-corrected chi connectivity index (χ1v) is 11.1.